The Balaban J connectivity index is 1.56. The van der Waals surface area contributed by atoms with Crippen molar-refractivity contribution >= 4 is 35.0 Å². The first-order chi connectivity index (χ1) is 14.4. The largest absolute Gasteiger partial charge is 0.324 e. The van der Waals surface area contributed by atoms with Gasteiger partial charge in [-0.05, 0) is 44.5 Å². The van der Waals surface area contributed by atoms with Crippen molar-refractivity contribution in [1.29, 1.82) is 0 Å². The Bertz CT molecular complexity index is 1110. The summed E-state index contributed by atoms with van der Waals surface area (Å²) in [5.41, 5.74) is 4.82. The summed E-state index contributed by atoms with van der Waals surface area (Å²) < 4.78 is 2.01. The highest BCUT2D eigenvalue weighted by molar-refractivity contribution is 7.99. The maximum Gasteiger partial charge on any atom is 0.237 e. The van der Waals surface area contributed by atoms with Crippen molar-refractivity contribution in [3.8, 4) is 5.69 Å². The zero-order valence-corrected chi connectivity index (χ0v) is 18.1. The fourth-order valence-electron chi connectivity index (χ4n) is 3.82. The van der Waals surface area contributed by atoms with Gasteiger partial charge in [0.15, 0.2) is 5.16 Å². The minimum Gasteiger partial charge on any atom is -0.324 e. The molecule has 0 saturated carbocycles. The van der Waals surface area contributed by atoms with Gasteiger partial charge in [0.25, 0.3) is 0 Å². The van der Waals surface area contributed by atoms with Gasteiger partial charge in [0.05, 0.1) is 22.8 Å². The van der Waals surface area contributed by atoms with Crippen LogP contribution in [0.3, 0.4) is 0 Å². The van der Waals surface area contributed by atoms with Crippen LogP contribution in [0, 0.1) is 13.8 Å². The maximum atomic E-state index is 13.2. The van der Waals surface area contributed by atoms with Gasteiger partial charge < -0.3 is 10.2 Å². The number of anilines is 2. The fraction of sp³-hybridized carbons (Fsp3) is 0.261. The Morgan fingerprint density at radius 1 is 1.20 bits per heavy atom. The number of carbonyl (C=O) groups excluding carboxylic acids is 2. The summed E-state index contributed by atoms with van der Waals surface area (Å²) in [5, 5.41) is 3.66. The average Bonchev–Trinajstić information content (AvgIpc) is 3.11. The molecule has 1 N–H and O–H groups in total. The van der Waals surface area contributed by atoms with Crippen LogP contribution < -0.4 is 10.2 Å². The van der Waals surface area contributed by atoms with E-state index in [1.54, 1.807) is 11.1 Å². The number of imidazole rings is 1. The van der Waals surface area contributed by atoms with E-state index in [2.05, 4.69) is 42.3 Å². The van der Waals surface area contributed by atoms with E-state index in [4.69, 9.17) is 0 Å². The van der Waals surface area contributed by atoms with Crippen LogP contribution in [0.15, 0.2) is 60.0 Å². The number of rotatable bonds is 4. The van der Waals surface area contributed by atoms with E-state index < -0.39 is 0 Å². The number of amides is 2. The van der Waals surface area contributed by atoms with Gasteiger partial charge >= 0.3 is 0 Å². The Morgan fingerprint density at radius 2 is 2.00 bits per heavy atom. The molecule has 0 unspecified atom stereocenters. The number of benzene rings is 2. The summed E-state index contributed by atoms with van der Waals surface area (Å²) >= 11 is 1.40. The molecule has 0 bridgehead atoms. The molecule has 30 heavy (non-hydrogen) atoms. The van der Waals surface area contributed by atoms with E-state index >= 15 is 0 Å². The molecule has 1 aliphatic rings. The summed E-state index contributed by atoms with van der Waals surface area (Å²) in [5.74, 6) is 0.101. The lowest BCUT2D eigenvalue weighted by molar-refractivity contribution is -0.117. The van der Waals surface area contributed by atoms with E-state index in [0.29, 0.717) is 5.69 Å². The Kier molecular flexibility index (Phi) is 5.63. The van der Waals surface area contributed by atoms with Crippen LogP contribution in [-0.2, 0) is 9.59 Å². The number of fused-ring (bicyclic) bond motifs is 1. The van der Waals surface area contributed by atoms with E-state index in [0.717, 1.165) is 22.1 Å². The zero-order chi connectivity index (χ0) is 21.3. The molecule has 1 atom stereocenters. The molecule has 0 fully saturated rings. The van der Waals surface area contributed by atoms with Crippen molar-refractivity contribution < 1.29 is 9.59 Å². The summed E-state index contributed by atoms with van der Waals surface area (Å²) in [6, 6.07) is 13.5. The van der Waals surface area contributed by atoms with Crippen LogP contribution in [-0.4, -0.2) is 33.2 Å². The van der Waals surface area contributed by atoms with Crippen molar-refractivity contribution in [2.75, 3.05) is 16.0 Å². The molecule has 2 heterocycles. The first kappa shape index (κ1) is 20.2. The second-order valence-corrected chi connectivity index (χ2v) is 8.48. The highest BCUT2D eigenvalue weighted by atomic mass is 32.2. The lowest BCUT2D eigenvalue weighted by Gasteiger charge is -2.27. The number of aromatic nitrogens is 2. The topological polar surface area (TPSA) is 67.2 Å². The van der Waals surface area contributed by atoms with Gasteiger partial charge in [-0.25, -0.2) is 4.98 Å². The monoisotopic (exact) mass is 420 g/mol. The van der Waals surface area contributed by atoms with Gasteiger partial charge in [-0.2, -0.15) is 0 Å². The molecule has 0 aliphatic carbocycles. The van der Waals surface area contributed by atoms with E-state index in [9.17, 15) is 9.59 Å². The van der Waals surface area contributed by atoms with Gasteiger partial charge in [-0.1, -0.05) is 41.6 Å². The predicted molar refractivity (Wildman–Crippen MR) is 120 cm³/mol. The molecule has 6 nitrogen and oxygen atoms in total. The second kappa shape index (κ2) is 8.36. The van der Waals surface area contributed by atoms with Crippen molar-refractivity contribution in [3.63, 3.8) is 0 Å². The quantitative estimate of drug-likeness (QED) is 0.638. The van der Waals surface area contributed by atoms with Gasteiger partial charge in [0, 0.05) is 24.9 Å². The molecular formula is C23H24N4O2S. The molecule has 1 aliphatic heterocycles. The molecule has 2 amide bonds. The fourth-order valence-corrected chi connectivity index (χ4v) is 4.64. The molecule has 154 valence electrons. The highest BCUT2D eigenvalue weighted by Crippen LogP contribution is 2.32. The SMILES string of the molecule is Cc1ccc(-n2ccnc2SCC(=O)N2c3ccccc3NC(=O)C[C@H]2C)c(C)c1. The summed E-state index contributed by atoms with van der Waals surface area (Å²) in [6.45, 7) is 6.04. The van der Waals surface area contributed by atoms with Gasteiger partial charge in [-0.15, -0.1) is 0 Å². The van der Waals surface area contributed by atoms with Crippen molar-refractivity contribution in [2.24, 2.45) is 0 Å². The zero-order valence-electron chi connectivity index (χ0n) is 17.3. The molecule has 0 saturated heterocycles. The number of nitrogens with one attached hydrogen (secondary N) is 1. The first-order valence-electron chi connectivity index (χ1n) is 9.89. The molecule has 1 aromatic heterocycles. The van der Waals surface area contributed by atoms with Crippen LogP contribution in [0.1, 0.15) is 24.5 Å². The molecule has 3 aromatic rings. The van der Waals surface area contributed by atoms with E-state index in [1.807, 2.05) is 42.0 Å². The van der Waals surface area contributed by atoms with Crippen molar-refractivity contribution in [3.05, 3.63) is 66.0 Å². The maximum absolute atomic E-state index is 13.2. The van der Waals surface area contributed by atoms with Crippen LogP contribution in [0.2, 0.25) is 0 Å². The number of carbonyl (C=O) groups is 2. The summed E-state index contributed by atoms with van der Waals surface area (Å²) in [6.07, 6.45) is 3.93. The van der Waals surface area contributed by atoms with E-state index in [1.165, 1.54) is 17.3 Å². The third kappa shape index (κ3) is 3.98. The number of para-hydroxylation sites is 2. The number of nitrogens with zero attached hydrogens (tertiary/aromatic N) is 3. The molecule has 2 aromatic carbocycles. The Hall–Kier alpha value is -3.06. The lowest BCUT2D eigenvalue weighted by Crippen LogP contribution is -2.40. The third-order valence-corrected chi connectivity index (χ3v) is 6.12. The molecule has 7 heteroatoms. The lowest BCUT2D eigenvalue weighted by atomic mass is 10.1. The highest BCUT2D eigenvalue weighted by Gasteiger charge is 2.29. The third-order valence-electron chi connectivity index (χ3n) is 5.17. The normalized spacial score (nSPS) is 16.0. The molecule has 0 spiro atoms. The molecule has 0 radical (unpaired) electrons. The van der Waals surface area contributed by atoms with Crippen molar-refractivity contribution in [1.82, 2.24) is 9.55 Å². The van der Waals surface area contributed by atoms with Crippen LogP contribution in [0.25, 0.3) is 5.69 Å². The van der Waals surface area contributed by atoms with Gasteiger partial charge in [0.1, 0.15) is 0 Å². The standard InChI is InChI=1S/C23H24N4O2S/c1-15-8-9-19(16(2)12-15)26-11-10-24-23(26)30-14-22(29)27-17(3)13-21(28)25-18-6-4-5-7-20(18)27/h4-12,17H,13-14H2,1-3H3,(H,25,28)/t17-/m1/s1. The van der Waals surface area contributed by atoms with E-state index in [-0.39, 0.29) is 30.0 Å². The number of hydrogen-bond acceptors (Lipinski definition) is 4. The number of thioether (sulfide) groups is 1. The Labute approximate surface area is 180 Å². The van der Waals surface area contributed by atoms with Crippen LogP contribution >= 0.6 is 11.8 Å². The van der Waals surface area contributed by atoms with Crippen LogP contribution in [0.5, 0.6) is 0 Å². The minimum absolute atomic E-state index is 0.0494. The number of hydrogen-bond donors (Lipinski definition) is 1. The van der Waals surface area contributed by atoms with Crippen LogP contribution in [0.4, 0.5) is 11.4 Å². The summed E-state index contributed by atoms with van der Waals surface area (Å²) in [7, 11) is 0. The second-order valence-electron chi connectivity index (χ2n) is 7.54. The van der Waals surface area contributed by atoms with Crippen molar-refractivity contribution in [2.45, 2.75) is 38.4 Å². The van der Waals surface area contributed by atoms with Gasteiger partial charge in [-0.3, -0.25) is 14.2 Å². The molecule has 4 rings (SSSR count). The summed E-state index contributed by atoms with van der Waals surface area (Å²) in [4.78, 5) is 31.6. The molecular weight excluding hydrogens is 396 g/mol. The minimum atomic E-state index is -0.221. The van der Waals surface area contributed by atoms with Gasteiger partial charge in [0.2, 0.25) is 11.8 Å². The first-order valence-corrected chi connectivity index (χ1v) is 10.9. The smallest absolute Gasteiger partial charge is 0.237 e. The Morgan fingerprint density at radius 3 is 2.80 bits per heavy atom. The average molecular weight is 421 g/mol. The number of aryl methyl sites for hydroxylation is 2. The predicted octanol–water partition coefficient (Wildman–Crippen LogP) is 4.35.